The third-order valence-electron chi connectivity index (χ3n) is 3.36. The summed E-state index contributed by atoms with van der Waals surface area (Å²) in [5, 5.41) is 6.80. The van der Waals surface area contributed by atoms with Crippen LogP contribution >= 0.6 is 0 Å². The predicted molar refractivity (Wildman–Crippen MR) is 98.9 cm³/mol. The maximum atomic E-state index is 4.67. The van der Waals surface area contributed by atoms with Gasteiger partial charge in [-0.05, 0) is 27.2 Å². The zero-order valence-electron chi connectivity index (χ0n) is 14.7. The molecule has 0 unspecified atom stereocenters. The Morgan fingerprint density at radius 2 is 1.74 bits per heavy atom. The lowest BCUT2D eigenvalue weighted by Gasteiger charge is -2.22. The molecule has 2 N–H and O–H groups in total. The molecule has 0 amide bonds. The summed E-state index contributed by atoms with van der Waals surface area (Å²) in [7, 11) is 0. The first-order valence-electron chi connectivity index (χ1n) is 8.44. The van der Waals surface area contributed by atoms with Crippen LogP contribution in [0.2, 0.25) is 0 Å². The van der Waals surface area contributed by atoms with Gasteiger partial charge in [-0.3, -0.25) is 0 Å². The van der Waals surface area contributed by atoms with Gasteiger partial charge in [-0.1, -0.05) is 50.1 Å². The number of benzene rings is 1. The van der Waals surface area contributed by atoms with Gasteiger partial charge in [-0.25, -0.2) is 4.98 Å². The van der Waals surface area contributed by atoms with Crippen molar-refractivity contribution in [1.29, 1.82) is 0 Å². The lowest BCUT2D eigenvalue weighted by atomic mass is 10.1. The zero-order chi connectivity index (χ0) is 16.7. The Morgan fingerprint density at radius 3 is 2.39 bits per heavy atom. The molecule has 1 aromatic heterocycles. The van der Waals surface area contributed by atoms with Crippen molar-refractivity contribution in [2.24, 2.45) is 0 Å². The molecular formula is C19H28N4. The fourth-order valence-electron chi connectivity index (χ4n) is 2.31. The maximum absolute atomic E-state index is 4.67. The second kappa shape index (κ2) is 7.95. The Bertz CT molecular complexity index is 603. The fourth-order valence-corrected chi connectivity index (χ4v) is 2.31. The summed E-state index contributed by atoms with van der Waals surface area (Å²) >= 11 is 0. The van der Waals surface area contributed by atoms with E-state index in [1.807, 2.05) is 24.3 Å². The summed E-state index contributed by atoms with van der Waals surface area (Å²) in [6.45, 7) is 9.50. The molecule has 0 aliphatic heterocycles. The van der Waals surface area contributed by atoms with E-state index < -0.39 is 0 Å². The van der Waals surface area contributed by atoms with Crippen molar-refractivity contribution in [1.82, 2.24) is 9.97 Å². The lowest BCUT2D eigenvalue weighted by molar-refractivity contribution is 0.630. The standard InChI is InChI=1S/C19H28N4/c1-5-6-10-13-20-18-21-16(15-11-8-7-9-12-15)14-17(22-18)23-19(2,3)4/h7-9,11-12,14H,5-6,10,13H2,1-4H3,(H2,20,21,22,23). The number of nitrogens with zero attached hydrogens (tertiary/aromatic N) is 2. The molecule has 124 valence electrons. The minimum absolute atomic E-state index is 0.0399. The molecule has 0 spiro atoms. The summed E-state index contributed by atoms with van der Waals surface area (Å²) in [6, 6.07) is 12.2. The third-order valence-corrected chi connectivity index (χ3v) is 3.36. The van der Waals surface area contributed by atoms with Gasteiger partial charge in [-0.15, -0.1) is 0 Å². The number of aromatic nitrogens is 2. The van der Waals surface area contributed by atoms with E-state index in [1.54, 1.807) is 0 Å². The molecule has 1 heterocycles. The van der Waals surface area contributed by atoms with Crippen molar-refractivity contribution >= 4 is 11.8 Å². The molecule has 4 heteroatoms. The molecule has 0 fully saturated rings. The molecule has 2 rings (SSSR count). The van der Waals surface area contributed by atoms with Gasteiger partial charge in [0.1, 0.15) is 5.82 Å². The van der Waals surface area contributed by atoms with E-state index in [0.29, 0.717) is 5.95 Å². The van der Waals surface area contributed by atoms with E-state index in [-0.39, 0.29) is 5.54 Å². The van der Waals surface area contributed by atoms with Crippen LogP contribution in [0.3, 0.4) is 0 Å². The first kappa shape index (κ1) is 17.3. The normalized spacial score (nSPS) is 11.3. The molecular weight excluding hydrogens is 284 g/mol. The topological polar surface area (TPSA) is 49.8 Å². The molecule has 23 heavy (non-hydrogen) atoms. The summed E-state index contributed by atoms with van der Waals surface area (Å²) in [5.41, 5.74) is 2.00. The number of rotatable bonds is 7. The van der Waals surface area contributed by atoms with Crippen LogP contribution in [0.15, 0.2) is 36.4 Å². The molecule has 0 saturated heterocycles. The number of anilines is 2. The number of nitrogens with one attached hydrogen (secondary N) is 2. The summed E-state index contributed by atoms with van der Waals surface area (Å²) < 4.78 is 0. The number of unbranched alkanes of at least 4 members (excludes halogenated alkanes) is 2. The van der Waals surface area contributed by atoms with Gasteiger partial charge in [-0.2, -0.15) is 4.98 Å². The molecule has 0 aliphatic rings. The molecule has 4 nitrogen and oxygen atoms in total. The zero-order valence-corrected chi connectivity index (χ0v) is 14.7. The van der Waals surface area contributed by atoms with E-state index in [9.17, 15) is 0 Å². The first-order valence-corrected chi connectivity index (χ1v) is 8.44. The Kier molecular flexibility index (Phi) is 5.97. The largest absolute Gasteiger partial charge is 0.365 e. The average Bonchev–Trinajstić information content (AvgIpc) is 2.51. The predicted octanol–water partition coefficient (Wildman–Crippen LogP) is 4.96. The van der Waals surface area contributed by atoms with Gasteiger partial charge < -0.3 is 10.6 Å². The van der Waals surface area contributed by atoms with Gasteiger partial charge in [0, 0.05) is 23.7 Å². The van der Waals surface area contributed by atoms with E-state index in [4.69, 9.17) is 0 Å². The number of hydrogen-bond acceptors (Lipinski definition) is 4. The van der Waals surface area contributed by atoms with Crippen LogP contribution in [0.1, 0.15) is 47.0 Å². The molecule has 1 aromatic carbocycles. The van der Waals surface area contributed by atoms with Crippen LogP contribution in [-0.4, -0.2) is 22.1 Å². The van der Waals surface area contributed by atoms with Crippen LogP contribution < -0.4 is 10.6 Å². The van der Waals surface area contributed by atoms with Gasteiger partial charge in [0.2, 0.25) is 5.95 Å². The molecule has 0 saturated carbocycles. The van der Waals surface area contributed by atoms with E-state index in [2.05, 4.69) is 60.4 Å². The average molecular weight is 312 g/mol. The van der Waals surface area contributed by atoms with Crippen molar-refractivity contribution in [3.8, 4) is 11.3 Å². The minimum atomic E-state index is -0.0399. The monoisotopic (exact) mass is 312 g/mol. The third kappa shape index (κ3) is 5.89. The van der Waals surface area contributed by atoms with Crippen LogP contribution in [0.5, 0.6) is 0 Å². The Balaban J connectivity index is 2.24. The summed E-state index contributed by atoms with van der Waals surface area (Å²) in [6.07, 6.45) is 3.57. The Hall–Kier alpha value is -2.10. The van der Waals surface area contributed by atoms with Crippen molar-refractivity contribution < 1.29 is 0 Å². The van der Waals surface area contributed by atoms with E-state index >= 15 is 0 Å². The van der Waals surface area contributed by atoms with E-state index in [1.165, 1.54) is 12.8 Å². The quantitative estimate of drug-likeness (QED) is 0.710. The Labute approximate surface area is 139 Å². The van der Waals surface area contributed by atoms with Crippen molar-refractivity contribution in [3.05, 3.63) is 36.4 Å². The highest BCUT2D eigenvalue weighted by molar-refractivity contribution is 5.64. The van der Waals surface area contributed by atoms with Crippen LogP contribution in [-0.2, 0) is 0 Å². The first-order chi connectivity index (χ1) is 11.0. The van der Waals surface area contributed by atoms with Crippen molar-refractivity contribution in [2.75, 3.05) is 17.2 Å². The van der Waals surface area contributed by atoms with Gasteiger partial charge in [0.25, 0.3) is 0 Å². The van der Waals surface area contributed by atoms with Gasteiger partial charge in [0.05, 0.1) is 5.69 Å². The van der Waals surface area contributed by atoms with Crippen LogP contribution in [0.25, 0.3) is 11.3 Å². The molecule has 2 aromatic rings. The fraction of sp³-hybridized carbons (Fsp3) is 0.474. The SMILES string of the molecule is CCCCCNc1nc(NC(C)(C)C)cc(-c2ccccc2)n1. The smallest absolute Gasteiger partial charge is 0.225 e. The lowest BCUT2D eigenvalue weighted by Crippen LogP contribution is -2.27. The molecule has 0 aliphatic carbocycles. The summed E-state index contributed by atoms with van der Waals surface area (Å²) in [5.74, 6) is 1.54. The second-order valence-electron chi connectivity index (χ2n) is 6.84. The van der Waals surface area contributed by atoms with Crippen molar-refractivity contribution in [3.63, 3.8) is 0 Å². The highest BCUT2D eigenvalue weighted by atomic mass is 15.2. The molecule has 0 atom stereocenters. The van der Waals surface area contributed by atoms with E-state index in [0.717, 1.165) is 30.0 Å². The number of hydrogen-bond donors (Lipinski definition) is 2. The van der Waals surface area contributed by atoms with Gasteiger partial charge >= 0.3 is 0 Å². The minimum Gasteiger partial charge on any atom is -0.365 e. The second-order valence-corrected chi connectivity index (χ2v) is 6.84. The van der Waals surface area contributed by atoms with Crippen molar-refractivity contribution in [2.45, 2.75) is 52.5 Å². The summed E-state index contributed by atoms with van der Waals surface area (Å²) in [4.78, 5) is 9.28. The van der Waals surface area contributed by atoms with Crippen LogP contribution in [0, 0.1) is 0 Å². The van der Waals surface area contributed by atoms with Gasteiger partial charge in [0.15, 0.2) is 0 Å². The highest BCUT2D eigenvalue weighted by Gasteiger charge is 2.13. The highest BCUT2D eigenvalue weighted by Crippen LogP contribution is 2.23. The maximum Gasteiger partial charge on any atom is 0.225 e. The Morgan fingerprint density at radius 1 is 1.00 bits per heavy atom. The molecule has 0 radical (unpaired) electrons. The van der Waals surface area contributed by atoms with Crippen LogP contribution in [0.4, 0.5) is 11.8 Å². The molecule has 0 bridgehead atoms.